The first-order valence-electron chi connectivity index (χ1n) is 1.81. The van der Waals surface area contributed by atoms with Gasteiger partial charge in [-0.25, -0.2) is 6.07 Å². The molecule has 0 aliphatic carbocycles. The van der Waals surface area contributed by atoms with Crippen LogP contribution in [0.2, 0.25) is 0 Å². The molecule has 1 nitrogen and oxygen atoms in total. The summed E-state index contributed by atoms with van der Waals surface area (Å²) in [5.41, 5.74) is 0. The quantitative estimate of drug-likeness (QED) is 0.651. The summed E-state index contributed by atoms with van der Waals surface area (Å²) >= 11 is 0. The number of furan rings is 1. The smallest absolute Gasteiger partial charge is 0 e. The summed E-state index contributed by atoms with van der Waals surface area (Å²) in [6, 6.07) is 4.58. The summed E-state index contributed by atoms with van der Waals surface area (Å²) in [4.78, 5) is 0. The van der Waals surface area contributed by atoms with Crippen molar-refractivity contribution in [3.8, 4) is 0 Å². The van der Waals surface area contributed by atoms with Crippen LogP contribution in [0.1, 0.15) is 5.76 Å². The van der Waals surface area contributed by atoms with Crippen LogP contribution in [0.3, 0.4) is 0 Å². The van der Waals surface area contributed by atoms with E-state index in [9.17, 15) is 0 Å². The minimum atomic E-state index is 0. The minimum Gasteiger partial charge on any atom is -0.573 e. The van der Waals surface area contributed by atoms with Crippen molar-refractivity contribution in [1.29, 1.82) is 0 Å². The van der Waals surface area contributed by atoms with Gasteiger partial charge in [0, 0.05) is 20.1 Å². The molecule has 0 fully saturated rings. The summed E-state index contributed by atoms with van der Waals surface area (Å²) in [6.45, 7) is 1.86. The molecule has 2 heteroatoms. The van der Waals surface area contributed by atoms with Crippen LogP contribution in [0, 0.1) is 13.0 Å². The minimum absolute atomic E-state index is 0. The normalized spacial score (nSPS) is 7.57. The molecule has 0 spiro atoms. The third-order valence-electron chi connectivity index (χ3n) is 0.599. The molecule has 0 N–H and O–H groups in total. The fourth-order valence-electron chi connectivity index (χ4n) is 0.321. The summed E-state index contributed by atoms with van der Waals surface area (Å²) < 4.78 is 4.78. The molecule has 1 aromatic heterocycles. The molecule has 1 rings (SSSR count). The van der Waals surface area contributed by atoms with E-state index in [1.54, 1.807) is 12.3 Å². The van der Waals surface area contributed by atoms with Gasteiger partial charge in [-0.3, -0.25) is 0 Å². The van der Waals surface area contributed by atoms with Gasteiger partial charge in [-0.15, -0.1) is 0 Å². The fourth-order valence-corrected chi connectivity index (χ4v) is 0.321. The number of aryl methyl sites for hydroxylation is 1. The van der Waals surface area contributed by atoms with Gasteiger partial charge in [0.15, 0.2) is 0 Å². The molecule has 0 aliphatic heterocycles. The zero-order chi connectivity index (χ0) is 4.41. The molecule has 0 atom stereocenters. The van der Waals surface area contributed by atoms with Crippen molar-refractivity contribution < 1.29 is 24.5 Å². The third-order valence-corrected chi connectivity index (χ3v) is 0.599. The van der Waals surface area contributed by atoms with Gasteiger partial charge in [-0.1, -0.05) is 6.26 Å². The van der Waals surface area contributed by atoms with E-state index >= 15 is 0 Å². The van der Waals surface area contributed by atoms with Gasteiger partial charge >= 0.3 is 0 Å². The van der Waals surface area contributed by atoms with E-state index in [2.05, 4.69) is 6.07 Å². The molecule has 1 radical (unpaired) electrons. The summed E-state index contributed by atoms with van der Waals surface area (Å²) in [5, 5.41) is 0. The number of hydrogen-bond donors (Lipinski definition) is 0. The van der Waals surface area contributed by atoms with Crippen LogP contribution in [-0.4, -0.2) is 0 Å². The van der Waals surface area contributed by atoms with Crippen molar-refractivity contribution in [2.75, 3.05) is 0 Å². The molecular weight excluding hydrogens is 268 g/mol. The van der Waals surface area contributed by atoms with Crippen molar-refractivity contribution in [1.82, 2.24) is 0 Å². The number of hydrogen-bond acceptors (Lipinski definition) is 1. The predicted molar refractivity (Wildman–Crippen MR) is 22.3 cm³/mol. The van der Waals surface area contributed by atoms with Crippen LogP contribution in [0.4, 0.5) is 0 Å². The van der Waals surface area contributed by atoms with E-state index in [1.165, 1.54) is 0 Å². The Balaban J connectivity index is 0.000000360. The molecule has 1 heterocycles. The van der Waals surface area contributed by atoms with Crippen LogP contribution >= 0.6 is 0 Å². The maximum Gasteiger partial charge on any atom is 0 e. The molecule has 7 heavy (non-hydrogen) atoms. The third kappa shape index (κ3) is 1.91. The van der Waals surface area contributed by atoms with Gasteiger partial charge in [-0.2, -0.15) is 6.07 Å². The molecule has 0 saturated carbocycles. The van der Waals surface area contributed by atoms with Gasteiger partial charge in [0.1, 0.15) is 0 Å². The average molecular weight is 273 g/mol. The van der Waals surface area contributed by atoms with E-state index in [-0.39, 0.29) is 20.1 Å². The topological polar surface area (TPSA) is 13.1 Å². The standard InChI is InChI=1S/C5H5O.Ir/c1-5-3-2-4-6-5;/h2,4H,1H3;/q-1;. The Bertz CT molecular complexity index is 112. The molecule has 0 amide bonds. The first-order chi connectivity index (χ1) is 2.89. The molecule has 0 bridgehead atoms. The Morgan fingerprint density at radius 1 is 1.71 bits per heavy atom. The van der Waals surface area contributed by atoms with Crippen molar-refractivity contribution in [2.24, 2.45) is 0 Å². The van der Waals surface area contributed by atoms with Gasteiger partial charge in [-0.05, 0) is 12.7 Å². The van der Waals surface area contributed by atoms with Gasteiger partial charge in [0.05, 0.1) is 0 Å². The first kappa shape index (κ1) is 6.93. The summed E-state index contributed by atoms with van der Waals surface area (Å²) in [6.07, 6.45) is 1.61. The van der Waals surface area contributed by atoms with Crippen LogP contribution < -0.4 is 0 Å². The van der Waals surface area contributed by atoms with Crippen LogP contribution in [-0.2, 0) is 20.1 Å². The largest absolute Gasteiger partial charge is 0.573 e. The second-order valence-electron chi connectivity index (χ2n) is 1.12. The van der Waals surface area contributed by atoms with E-state index in [0.717, 1.165) is 5.76 Å². The Labute approximate surface area is 56.1 Å². The first-order valence-corrected chi connectivity index (χ1v) is 1.81. The van der Waals surface area contributed by atoms with Crippen molar-refractivity contribution in [3.63, 3.8) is 0 Å². The molecule has 0 aromatic carbocycles. The maximum atomic E-state index is 4.78. The molecule has 0 unspecified atom stereocenters. The molecule has 41 valence electrons. The van der Waals surface area contributed by atoms with Crippen molar-refractivity contribution in [2.45, 2.75) is 6.92 Å². The van der Waals surface area contributed by atoms with Crippen LogP contribution in [0.5, 0.6) is 0 Å². The second-order valence-corrected chi connectivity index (χ2v) is 1.12. The summed E-state index contributed by atoms with van der Waals surface area (Å²) in [5.74, 6) is 0.843. The monoisotopic (exact) mass is 274 g/mol. The Hall–Kier alpha value is -0.0706. The zero-order valence-corrected chi connectivity index (χ0v) is 6.29. The Morgan fingerprint density at radius 2 is 2.43 bits per heavy atom. The fraction of sp³-hybridized carbons (Fsp3) is 0.200. The molecule has 1 aromatic rings. The summed E-state index contributed by atoms with van der Waals surface area (Å²) in [7, 11) is 0. The van der Waals surface area contributed by atoms with Gasteiger partial charge in [0.25, 0.3) is 0 Å². The number of rotatable bonds is 0. The van der Waals surface area contributed by atoms with E-state index in [0.29, 0.717) is 0 Å². The SMILES string of the molecule is Cc1[c-]cco1.[Ir]. The maximum absolute atomic E-state index is 4.78. The van der Waals surface area contributed by atoms with E-state index in [4.69, 9.17) is 4.42 Å². The molecular formula is C5H5IrO-. The zero-order valence-electron chi connectivity index (χ0n) is 3.90. The average Bonchev–Trinajstić information content (AvgIpc) is 1.86. The van der Waals surface area contributed by atoms with E-state index in [1.807, 2.05) is 6.92 Å². The van der Waals surface area contributed by atoms with Crippen molar-refractivity contribution in [3.05, 3.63) is 24.2 Å². The van der Waals surface area contributed by atoms with Gasteiger partial charge < -0.3 is 4.42 Å². The van der Waals surface area contributed by atoms with Crippen LogP contribution in [0.25, 0.3) is 0 Å². The predicted octanol–water partition coefficient (Wildman–Crippen LogP) is 1.39. The van der Waals surface area contributed by atoms with Crippen molar-refractivity contribution >= 4 is 0 Å². The Morgan fingerprint density at radius 3 is 2.57 bits per heavy atom. The molecule has 0 aliphatic rings. The molecule has 0 saturated heterocycles. The second kappa shape index (κ2) is 3.00. The van der Waals surface area contributed by atoms with Gasteiger partial charge in [0.2, 0.25) is 0 Å². The van der Waals surface area contributed by atoms with Crippen LogP contribution in [0.15, 0.2) is 16.7 Å². The van der Waals surface area contributed by atoms with E-state index < -0.39 is 0 Å². The Kier molecular flexibility index (Phi) is 2.97.